The second-order valence-corrected chi connectivity index (χ2v) is 7.55. The Labute approximate surface area is 180 Å². The van der Waals surface area contributed by atoms with Crippen LogP contribution in [0.5, 0.6) is 0 Å². The first kappa shape index (κ1) is 22.2. The van der Waals surface area contributed by atoms with Gasteiger partial charge in [-0.3, -0.25) is 19.9 Å². The van der Waals surface area contributed by atoms with E-state index in [2.05, 4.69) is 20.6 Å². The summed E-state index contributed by atoms with van der Waals surface area (Å²) in [7, 11) is 1.63. The Kier molecular flexibility index (Phi) is 7.55. The zero-order valence-electron chi connectivity index (χ0n) is 17.9. The van der Waals surface area contributed by atoms with Crippen molar-refractivity contribution in [2.75, 3.05) is 25.6 Å². The lowest BCUT2D eigenvalue weighted by Crippen LogP contribution is -2.17. The molecule has 3 rings (SSSR count). The normalized spacial score (nSPS) is 11.0. The van der Waals surface area contributed by atoms with Crippen molar-refractivity contribution in [1.29, 1.82) is 0 Å². The molecular weight excluding hydrogens is 398 g/mol. The number of rotatable bonds is 9. The zero-order valence-corrected chi connectivity index (χ0v) is 17.9. The van der Waals surface area contributed by atoms with Crippen LogP contribution in [-0.4, -0.2) is 46.4 Å². The molecule has 0 unspecified atom stereocenters. The number of amides is 1. The third-order valence-electron chi connectivity index (χ3n) is 4.48. The van der Waals surface area contributed by atoms with Gasteiger partial charge in [0.2, 0.25) is 5.43 Å². The van der Waals surface area contributed by atoms with Crippen molar-refractivity contribution in [2.45, 2.75) is 26.8 Å². The molecular formula is C22H27N5O4. The van der Waals surface area contributed by atoms with Gasteiger partial charge in [-0.15, -0.1) is 0 Å². The number of hydrogen-bond acceptors (Lipinski definition) is 6. The highest BCUT2D eigenvalue weighted by Gasteiger charge is 2.12. The van der Waals surface area contributed by atoms with Gasteiger partial charge in [0.05, 0.1) is 31.5 Å². The maximum absolute atomic E-state index is 13.0. The largest absolute Gasteiger partial charge is 0.449 e. The number of ether oxygens (including phenoxy) is 2. The van der Waals surface area contributed by atoms with Crippen LogP contribution in [0, 0.1) is 5.92 Å². The molecule has 0 radical (unpaired) electrons. The number of carbonyl (C=O) groups is 1. The summed E-state index contributed by atoms with van der Waals surface area (Å²) in [4.78, 5) is 24.9. The zero-order chi connectivity index (χ0) is 22.2. The summed E-state index contributed by atoms with van der Waals surface area (Å²) in [5.41, 5.74) is 2.86. The topological polar surface area (TPSA) is 111 Å². The highest BCUT2D eigenvalue weighted by atomic mass is 16.5. The van der Waals surface area contributed by atoms with Crippen molar-refractivity contribution in [3.05, 3.63) is 64.3 Å². The molecule has 0 saturated heterocycles. The predicted octanol–water partition coefficient (Wildman–Crippen LogP) is 3.08. The summed E-state index contributed by atoms with van der Waals surface area (Å²) in [6, 6.07) is 7.25. The molecule has 0 fully saturated rings. The number of hydrogen-bond donors (Lipinski definition) is 2. The number of nitrogens with one attached hydrogen (secondary N) is 2. The lowest BCUT2D eigenvalue weighted by Gasteiger charge is -2.10. The fourth-order valence-corrected chi connectivity index (χ4v) is 2.94. The van der Waals surface area contributed by atoms with Gasteiger partial charge in [-0.05, 0) is 23.6 Å². The molecule has 2 heterocycles. The molecule has 9 heteroatoms. The van der Waals surface area contributed by atoms with Crippen molar-refractivity contribution >= 4 is 11.8 Å². The molecule has 0 spiro atoms. The standard InChI is InChI=1S/C22H27N5O4/c1-15(2)14-31-22(29)25-18-6-4-5-16(9-18)10-20-21(28)19(12-23-26-20)17-11-24-27(13-17)7-8-30-3/h4-6,9,11-13,15H,7-8,10,14H2,1-3H3,(H,23,28)(H,25,29). The van der Waals surface area contributed by atoms with Gasteiger partial charge in [-0.25, -0.2) is 4.79 Å². The van der Waals surface area contributed by atoms with Crippen LogP contribution in [0.4, 0.5) is 10.5 Å². The van der Waals surface area contributed by atoms with E-state index in [1.54, 1.807) is 42.5 Å². The van der Waals surface area contributed by atoms with Crippen LogP contribution in [0.3, 0.4) is 0 Å². The van der Waals surface area contributed by atoms with Crippen LogP contribution in [0.25, 0.3) is 11.1 Å². The Morgan fingerprint density at radius 3 is 2.94 bits per heavy atom. The van der Waals surface area contributed by atoms with Crippen LogP contribution >= 0.6 is 0 Å². The molecule has 2 N–H and O–H groups in total. The van der Waals surface area contributed by atoms with E-state index in [1.165, 1.54) is 0 Å². The Morgan fingerprint density at radius 2 is 2.16 bits per heavy atom. The van der Waals surface area contributed by atoms with E-state index in [1.807, 2.05) is 26.0 Å². The van der Waals surface area contributed by atoms with E-state index in [-0.39, 0.29) is 11.3 Å². The minimum atomic E-state index is -0.505. The molecule has 164 valence electrons. The SMILES string of the molecule is COCCn1cc(-c2c[nH]nc(Cc3cccc(NC(=O)OCC(C)C)c3)c2=O)cn1. The summed E-state index contributed by atoms with van der Waals surface area (Å²) in [5.74, 6) is 0.259. The van der Waals surface area contributed by atoms with Gasteiger partial charge in [0, 0.05) is 37.2 Å². The summed E-state index contributed by atoms with van der Waals surface area (Å²) in [5, 5.41) is 13.9. The van der Waals surface area contributed by atoms with Crippen molar-refractivity contribution in [1.82, 2.24) is 20.0 Å². The van der Waals surface area contributed by atoms with Gasteiger partial charge in [0.15, 0.2) is 0 Å². The molecule has 0 saturated carbocycles. The van der Waals surface area contributed by atoms with Crippen molar-refractivity contribution in [2.24, 2.45) is 5.92 Å². The summed E-state index contributed by atoms with van der Waals surface area (Å²) < 4.78 is 11.9. The van der Waals surface area contributed by atoms with Gasteiger partial charge in [-0.2, -0.15) is 10.2 Å². The lowest BCUT2D eigenvalue weighted by molar-refractivity contribution is 0.147. The molecule has 0 aliphatic heterocycles. The van der Waals surface area contributed by atoms with E-state index in [4.69, 9.17) is 9.47 Å². The lowest BCUT2D eigenvalue weighted by atomic mass is 10.1. The average Bonchev–Trinajstić information content (AvgIpc) is 3.21. The van der Waals surface area contributed by atoms with Crippen LogP contribution in [-0.2, 0) is 22.4 Å². The van der Waals surface area contributed by atoms with E-state index in [0.29, 0.717) is 48.7 Å². The van der Waals surface area contributed by atoms with Crippen LogP contribution in [0.2, 0.25) is 0 Å². The molecule has 0 bridgehead atoms. The number of aromatic amines is 1. The number of nitrogens with zero attached hydrogens (tertiary/aromatic N) is 3. The first-order valence-corrected chi connectivity index (χ1v) is 10.1. The maximum Gasteiger partial charge on any atom is 0.411 e. The molecule has 3 aromatic rings. The molecule has 0 atom stereocenters. The van der Waals surface area contributed by atoms with E-state index >= 15 is 0 Å². The Bertz CT molecular complexity index is 1070. The van der Waals surface area contributed by atoms with Crippen LogP contribution < -0.4 is 10.7 Å². The van der Waals surface area contributed by atoms with Crippen LogP contribution in [0.1, 0.15) is 25.1 Å². The number of H-pyrrole nitrogens is 1. The van der Waals surface area contributed by atoms with E-state index in [9.17, 15) is 9.59 Å². The average molecular weight is 425 g/mol. The van der Waals surface area contributed by atoms with Crippen molar-refractivity contribution in [3.8, 4) is 11.1 Å². The quantitative estimate of drug-likeness (QED) is 0.545. The number of methoxy groups -OCH3 is 1. The fourth-order valence-electron chi connectivity index (χ4n) is 2.94. The summed E-state index contributed by atoms with van der Waals surface area (Å²) >= 11 is 0. The molecule has 9 nitrogen and oxygen atoms in total. The van der Waals surface area contributed by atoms with E-state index in [0.717, 1.165) is 5.56 Å². The van der Waals surface area contributed by atoms with E-state index < -0.39 is 6.09 Å². The predicted molar refractivity (Wildman–Crippen MR) is 117 cm³/mol. The summed E-state index contributed by atoms with van der Waals surface area (Å²) in [6.07, 6.45) is 4.84. The molecule has 0 aliphatic carbocycles. The first-order chi connectivity index (χ1) is 15.0. The first-order valence-electron chi connectivity index (χ1n) is 10.1. The number of aromatic nitrogens is 4. The molecule has 0 aliphatic rings. The third kappa shape index (κ3) is 6.26. The second kappa shape index (κ2) is 10.5. The Hall–Kier alpha value is -3.46. The number of benzene rings is 1. The minimum absolute atomic E-state index is 0.167. The van der Waals surface area contributed by atoms with Crippen molar-refractivity contribution < 1.29 is 14.3 Å². The minimum Gasteiger partial charge on any atom is -0.449 e. The summed E-state index contributed by atoms with van der Waals surface area (Å²) in [6.45, 7) is 5.42. The van der Waals surface area contributed by atoms with Crippen LogP contribution in [0.15, 0.2) is 47.7 Å². The van der Waals surface area contributed by atoms with Crippen molar-refractivity contribution in [3.63, 3.8) is 0 Å². The molecule has 2 aromatic heterocycles. The van der Waals surface area contributed by atoms with Gasteiger partial charge >= 0.3 is 6.09 Å². The maximum atomic E-state index is 13.0. The second-order valence-electron chi connectivity index (χ2n) is 7.55. The Balaban J connectivity index is 1.73. The number of anilines is 1. The highest BCUT2D eigenvalue weighted by Crippen LogP contribution is 2.16. The smallest absolute Gasteiger partial charge is 0.411 e. The third-order valence-corrected chi connectivity index (χ3v) is 4.48. The monoisotopic (exact) mass is 425 g/mol. The van der Waals surface area contributed by atoms with Gasteiger partial charge < -0.3 is 9.47 Å². The van der Waals surface area contributed by atoms with Gasteiger partial charge in [0.25, 0.3) is 0 Å². The fraction of sp³-hybridized carbons (Fsp3) is 0.364. The molecule has 1 amide bonds. The molecule has 1 aromatic carbocycles. The van der Waals surface area contributed by atoms with Gasteiger partial charge in [0.1, 0.15) is 5.69 Å². The number of carbonyl (C=O) groups excluding carboxylic acids is 1. The highest BCUT2D eigenvalue weighted by molar-refractivity contribution is 5.84. The Morgan fingerprint density at radius 1 is 1.32 bits per heavy atom. The molecule has 31 heavy (non-hydrogen) atoms. The van der Waals surface area contributed by atoms with Gasteiger partial charge in [-0.1, -0.05) is 26.0 Å².